The maximum absolute atomic E-state index is 11.4. The van der Waals surface area contributed by atoms with E-state index >= 15 is 0 Å². The topological polar surface area (TPSA) is 92.8 Å². The molecule has 122 valence electrons. The highest BCUT2D eigenvalue weighted by molar-refractivity contribution is 7.50. The summed E-state index contributed by atoms with van der Waals surface area (Å²) in [5.74, 6) is 0.0170. The first-order chi connectivity index (χ1) is 10.8. The molecule has 2 aromatic rings. The van der Waals surface area contributed by atoms with Gasteiger partial charge in [0.1, 0.15) is 11.5 Å². The van der Waals surface area contributed by atoms with Gasteiger partial charge in [0.15, 0.2) is 0 Å². The molecule has 4 N–H and O–H groups in total. The molecular weight excluding hydrogens is 313 g/mol. The van der Waals surface area contributed by atoms with Gasteiger partial charge in [-0.05, 0) is 29.2 Å². The molecule has 1 atom stereocenters. The first-order valence-corrected chi connectivity index (χ1v) is 8.82. The lowest BCUT2D eigenvalue weighted by Gasteiger charge is -2.17. The molecule has 0 fully saturated rings. The molecule has 0 spiro atoms. The second-order valence-corrected chi connectivity index (χ2v) is 6.82. The summed E-state index contributed by atoms with van der Waals surface area (Å²) in [5.41, 5.74) is 7.17. The van der Waals surface area contributed by atoms with E-state index in [2.05, 4.69) is 0 Å². The smallest absolute Gasteiger partial charge is 0.453 e. The van der Waals surface area contributed by atoms with Crippen molar-refractivity contribution in [2.75, 3.05) is 0 Å². The highest BCUT2D eigenvalue weighted by Crippen LogP contribution is 2.42. The molecule has 0 saturated carbocycles. The lowest BCUT2D eigenvalue weighted by atomic mass is 9.98. The van der Waals surface area contributed by atoms with Crippen LogP contribution in [0.2, 0.25) is 0 Å². The Morgan fingerprint density at radius 2 is 1.74 bits per heavy atom. The SMILES string of the molecule is CC(C)c1c(O)cc(/C=C/c2ccccc2)cc1OP(N)(=O)O. The molecule has 6 heteroatoms. The maximum Gasteiger partial charge on any atom is 0.453 e. The second kappa shape index (κ2) is 7.01. The van der Waals surface area contributed by atoms with Crippen molar-refractivity contribution in [2.45, 2.75) is 19.8 Å². The molecule has 1 unspecified atom stereocenters. The normalized spacial score (nSPS) is 14.1. The number of phenols is 1. The summed E-state index contributed by atoms with van der Waals surface area (Å²) in [7, 11) is -4.21. The van der Waals surface area contributed by atoms with Gasteiger partial charge in [-0.25, -0.2) is 10.1 Å². The van der Waals surface area contributed by atoms with Crippen LogP contribution >= 0.6 is 7.75 Å². The summed E-state index contributed by atoms with van der Waals surface area (Å²) in [5, 5.41) is 10.2. The van der Waals surface area contributed by atoms with E-state index in [0.29, 0.717) is 11.1 Å². The summed E-state index contributed by atoms with van der Waals surface area (Å²) in [6, 6.07) is 12.8. The van der Waals surface area contributed by atoms with Gasteiger partial charge < -0.3 is 14.5 Å². The summed E-state index contributed by atoms with van der Waals surface area (Å²) >= 11 is 0. The molecule has 5 nitrogen and oxygen atoms in total. The molecule has 23 heavy (non-hydrogen) atoms. The van der Waals surface area contributed by atoms with Crippen molar-refractivity contribution in [1.29, 1.82) is 0 Å². The van der Waals surface area contributed by atoms with Gasteiger partial charge >= 0.3 is 7.75 Å². The summed E-state index contributed by atoms with van der Waals surface area (Å²) in [6.45, 7) is 3.69. The third kappa shape index (κ3) is 4.96. The Hall–Kier alpha value is -2.07. The summed E-state index contributed by atoms with van der Waals surface area (Å²) < 4.78 is 16.3. The molecule has 0 aromatic heterocycles. The lowest BCUT2D eigenvalue weighted by Crippen LogP contribution is -2.04. The third-order valence-electron chi connectivity index (χ3n) is 3.22. The van der Waals surface area contributed by atoms with Crippen LogP contribution in [0, 0.1) is 0 Å². The Bertz CT molecular complexity index is 751. The van der Waals surface area contributed by atoms with Gasteiger partial charge in [-0.1, -0.05) is 56.3 Å². The number of phenolic OH excluding ortho intramolecular Hbond substituents is 1. The molecule has 0 aliphatic heterocycles. The molecule has 0 bridgehead atoms. The minimum Gasteiger partial charge on any atom is -0.507 e. The van der Waals surface area contributed by atoms with Crippen LogP contribution in [0.5, 0.6) is 11.5 Å². The van der Waals surface area contributed by atoms with Crippen LogP contribution in [0.15, 0.2) is 42.5 Å². The van der Waals surface area contributed by atoms with E-state index in [9.17, 15) is 14.6 Å². The fourth-order valence-corrected chi connectivity index (χ4v) is 2.72. The molecule has 2 aromatic carbocycles. The van der Waals surface area contributed by atoms with E-state index in [4.69, 9.17) is 10.0 Å². The lowest BCUT2D eigenvalue weighted by molar-refractivity contribution is 0.376. The number of hydrogen-bond acceptors (Lipinski definition) is 3. The van der Waals surface area contributed by atoms with Crippen molar-refractivity contribution >= 4 is 19.9 Å². The predicted molar refractivity (Wildman–Crippen MR) is 92.2 cm³/mol. The minimum absolute atomic E-state index is 0.00124. The highest BCUT2D eigenvalue weighted by atomic mass is 31.2. The standard InChI is InChI=1S/C17H20NO4P/c1-12(2)17-15(19)10-14(11-16(17)22-23(18,20)21)9-8-13-6-4-3-5-7-13/h3-12,19H,1-2H3,(H3,18,20,21)/b9-8+. The number of hydrogen-bond donors (Lipinski definition) is 3. The average Bonchev–Trinajstić information content (AvgIpc) is 2.43. The van der Waals surface area contributed by atoms with Gasteiger partial charge in [0, 0.05) is 5.56 Å². The van der Waals surface area contributed by atoms with E-state index in [1.807, 2.05) is 50.3 Å². The van der Waals surface area contributed by atoms with Crippen molar-refractivity contribution < 1.29 is 19.1 Å². The minimum atomic E-state index is -4.21. The van der Waals surface area contributed by atoms with E-state index in [1.54, 1.807) is 18.2 Å². The third-order valence-corrected chi connectivity index (χ3v) is 3.68. The van der Waals surface area contributed by atoms with Gasteiger partial charge in [-0.15, -0.1) is 0 Å². The molecule has 0 aliphatic carbocycles. The van der Waals surface area contributed by atoms with Crippen LogP contribution in [0.3, 0.4) is 0 Å². The van der Waals surface area contributed by atoms with Crippen molar-refractivity contribution in [2.24, 2.45) is 5.50 Å². The van der Waals surface area contributed by atoms with Crippen LogP contribution < -0.4 is 10.0 Å². The van der Waals surface area contributed by atoms with Crippen molar-refractivity contribution in [1.82, 2.24) is 0 Å². The van der Waals surface area contributed by atoms with Crippen molar-refractivity contribution in [3.8, 4) is 11.5 Å². The molecular formula is C17H20NO4P. The Morgan fingerprint density at radius 1 is 1.13 bits per heavy atom. The first kappa shape index (κ1) is 17.3. The van der Waals surface area contributed by atoms with Gasteiger partial charge in [-0.3, -0.25) is 0 Å². The molecule has 0 aliphatic rings. The molecule has 2 rings (SSSR count). The number of benzene rings is 2. The monoisotopic (exact) mass is 333 g/mol. The van der Waals surface area contributed by atoms with Crippen LogP contribution in [0.4, 0.5) is 0 Å². The number of aromatic hydroxyl groups is 1. The van der Waals surface area contributed by atoms with Crippen molar-refractivity contribution in [3.05, 3.63) is 59.2 Å². The Morgan fingerprint density at radius 3 is 2.30 bits per heavy atom. The fraction of sp³-hybridized carbons (Fsp3) is 0.176. The zero-order valence-corrected chi connectivity index (χ0v) is 13.9. The van der Waals surface area contributed by atoms with Gasteiger partial charge in [0.05, 0.1) is 0 Å². The summed E-state index contributed by atoms with van der Waals surface area (Å²) in [4.78, 5) is 9.28. The molecule has 0 amide bonds. The number of nitrogens with two attached hydrogens (primary N) is 1. The Kier molecular flexibility index (Phi) is 5.26. The zero-order chi connectivity index (χ0) is 17.0. The van der Waals surface area contributed by atoms with E-state index in [0.717, 1.165) is 5.56 Å². The van der Waals surface area contributed by atoms with Crippen LogP contribution in [-0.2, 0) is 4.57 Å². The van der Waals surface area contributed by atoms with E-state index in [-0.39, 0.29) is 17.4 Å². The predicted octanol–water partition coefficient (Wildman–Crippen LogP) is 4.12. The molecule has 0 radical (unpaired) electrons. The average molecular weight is 333 g/mol. The Balaban J connectivity index is 2.42. The summed E-state index contributed by atoms with van der Waals surface area (Å²) in [6.07, 6.45) is 3.65. The van der Waals surface area contributed by atoms with Gasteiger partial charge in [0.25, 0.3) is 0 Å². The zero-order valence-electron chi connectivity index (χ0n) is 13.0. The second-order valence-electron chi connectivity index (χ2n) is 5.51. The Labute approximate surface area is 135 Å². The first-order valence-electron chi connectivity index (χ1n) is 7.17. The fourth-order valence-electron chi connectivity index (χ4n) is 2.28. The van der Waals surface area contributed by atoms with Crippen LogP contribution in [0.1, 0.15) is 36.5 Å². The quantitative estimate of drug-likeness (QED) is 0.565. The van der Waals surface area contributed by atoms with Crippen LogP contribution in [0.25, 0.3) is 12.2 Å². The van der Waals surface area contributed by atoms with E-state index < -0.39 is 7.75 Å². The van der Waals surface area contributed by atoms with Gasteiger partial charge in [-0.2, -0.15) is 0 Å². The highest BCUT2D eigenvalue weighted by Gasteiger charge is 2.20. The van der Waals surface area contributed by atoms with Crippen molar-refractivity contribution in [3.63, 3.8) is 0 Å². The van der Waals surface area contributed by atoms with E-state index in [1.165, 1.54) is 0 Å². The number of rotatable bonds is 5. The van der Waals surface area contributed by atoms with Gasteiger partial charge in [0.2, 0.25) is 0 Å². The largest absolute Gasteiger partial charge is 0.507 e. The molecule has 0 saturated heterocycles. The molecule has 0 heterocycles. The van der Waals surface area contributed by atoms with Crippen LogP contribution in [-0.4, -0.2) is 10.00 Å². The maximum atomic E-state index is 11.4.